The average molecular weight is 371 g/mol. The molecule has 3 rings (SSSR count). The van der Waals surface area contributed by atoms with Crippen LogP contribution < -0.4 is 10.6 Å². The largest absolute Gasteiger partial charge is 0.360 e. The van der Waals surface area contributed by atoms with Crippen LogP contribution in [0.4, 0.5) is 5.82 Å². The molecule has 0 saturated heterocycles. The SMILES string of the molecule is Cc1cc(NC(=O)c2ccnc(C(=O)NCc3ccccc3Cl)c2)no1. The van der Waals surface area contributed by atoms with E-state index in [1.807, 2.05) is 18.2 Å². The van der Waals surface area contributed by atoms with Gasteiger partial charge in [0.1, 0.15) is 11.5 Å². The van der Waals surface area contributed by atoms with Crippen LogP contribution in [0.15, 0.2) is 53.2 Å². The van der Waals surface area contributed by atoms with Gasteiger partial charge in [0.15, 0.2) is 5.82 Å². The molecule has 2 N–H and O–H groups in total. The molecule has 3 aromatic rings. The van der Waals surface area contributed by atoms with Gasteiger partial charge in [-0.1, -0.05) is 35.0 Å². The Kier molecular flexibility index (Phi) is 5.28. The van der Waals surface area contributed by atoms with Crippen LogP contribution in [0.25, 0.3) is 0 Å². The lowest BCUT2D eigenvalue weighted by molar-refractivity contribution is 0.0946. The van der Waals surface area contributed by atoms with E-state index in [0.29, 0.717) is 16.6 Å². The number of amides is 2. The summed E-state index contributed by atoms with van der Waals surface area (Å²) in [6.45, 7) is 1.98. The molecule has 132 valence electrons. The number of aromatic nitrogens is 2. The predicted molar refractivity (Wildman–Crippen MR) is 96.1 cm³/mol. The summed E-state index contributed by atoms with van der Waals surface area (Å²) in [6, 6.07) is 11.7. The van der Waals surface area contributed by atoms with Crippen molar-refractivity contribution in [2.45, 2.75) is 13.5 Å². The van der Waals surface area contributed by atoms with Crippen LogP contribution in [0, 0.1) is 6.92 Å². The molecule has 26 heavy (non-hydrogen) atoms. The van der Waals surface area contributed by atoms with Gasteiger partial charge in [0.05, 0.1) is 0 Å². The van der Waals surface area contributed by atoms with Crippen LogP contribution in [0.5, 0.6) is 0 Å². The first-order valence-electron chi connectivity index (χ1n) is 7.75. The third-order valence-corrected chi connectivity index (χ3v) is 3.89. The molecule has 8 heteroatoms. The summed E-state index contributed by atoms with van der Waals surface area (Å²) >= 11 is 6.07. The molecule has 2 aromatic heterocycles. The van der Waals surface area contributed by atoms with Gasteiger partial charge in [-0.05, 0) is 30.7 Å². The van der Waals surface area contributed by atoms with Crippen molar-refractivity contribution < 1.29 is 14.1 Å². The number of anilines is 1. The first kappa shape index (κ1) is 17.6. The fourth-order valence-corrected chi connectivity index (χ4v) is 2.42. The summed E-state index contributed by atoms with van der Waals surface area (Å²) < 4.78 is 4.89. The monoisotopic (exact) mass is 370 g/mol. The number of aryl methyl sites for hydroxylation is 1. The van der Waals surface area contributed by atoms with Crippen molar-refractivity contribution in [3.63, 3.8) is 0 Å². The van der Waals surface area contributed by atoms with Gasteiger partial charge in [0.25, 0.3) is 11.8 Å². The summed E-state index contributed by atoms with van der Waals surface area (Å²) in [5.74, 6) is 0.0569. The molecule has 0 aliphatic heterocycles. The summed E-state index contributed by atoms with van der Waals surface area (Å²) in [5, 5.41) is 9.58. The van der Waals surface area contributed by atoms with Gasteiger partial charge in [-0.25, -0.2) is 0 Å². The van der Waals surface area contributed by atoms with Crippen LogP contribution in [0.3, 0.4) is 0 Å². The highest BCUT2D eigenvalue weighted by Crippen LogP contribution is 2.15. The van der Waals surface area contributed by atoms with E-state index in [0.717, 1.165) is 5.56 Å². The summed E-state index contributed by atoms with van der Waals surface area (Å²) in [4.78, 5) is 28.6. The second kappa shape index (κ2) is 7.79. The lowest BCUT2D eigenvalue weighted by Gasteiger charge is -2.07. The highest BCUT2D eigenvalue weighted by Gasteiger charge is 2.13. The average Bonchev–Trinajstić information content (AvgIpc) is 3.05. The molecule has 0 radical (unpaired) electrons. The molecule has 0 fully saturated rings. The van der Waals surface area contributed by atoms with Gasteiger partial charge in [0.2, 0.25) is 0 Å². The maximum atomic E-state index is 12.3. The molecular weight excluding hydrogens is 356 g/mol. The van der Waals surface area contributed by atoms with Gasteiger partial charge in [-0.3, -0.25) is 14.6 Å². The number of halogens is 1. The molecule has 0 aliphatic rings. The second-order valence-electron chi connectivity index (χ2n) is 5.48. The molecule has 0 spiro atoms. The highest BCUT2D eigenvalue weighted by molar-refractivity contribution is 6.31. The number of benzene rings is 1. The molecule has 0 bridgehead atoms. The molecular formula is C18H15ClN4O3. The van der Waals surface area contributed by atoms with E-state index in [9.17, 15) is 9.59 Å². The Hall–Kier alpha value is -3.19. The maximum Gasteiger partial charge on any atom is 0.270 e. The first-order chi connectivity index (χ1) is 12.5. The van der Waals surface area contributed by atoms with Gasteiger partial charge < -0.3 is 15.2 Å². The Morgan fingerprint density at radius 2 is 1.96 bits per heavy atom. The van der Waals surface area contributed by atoms with Crippen LogP contribution >= 0.6 is 11.6 Å². The lowest BCUT2D eigenvalue weighted by atomic mass is 10.2. The summed E-state index contributed by atoms with van der Waals surface area (Å²) in [7, 11) is 0. The Morgan fingerprint density at radius 1 is 1.15 bits per heavy atom. The Labute approximate surface area is 154 Å². The van der Waals surface area contributed by atoms with Crippen molar-refractivity contribution in [1.29, 1.82) is 0 Å². The number of carbonyl (C=O) groups is 2. The normalized spacial score (nSPS) is 10.4. The number of carbonyl (C=O) groups excluding carboxylic acids is 2. The van der Waals surface area contributed by atoms with Crippen molar-refractivity contribution in [1.82, 2.24) is 15.5 Å². The number of pyridine rings is 1. The van der Waals surface area contributed by atoms with Crippen LogP contribution in [0.1, 0.15) is 32.2 Å². The number of rotatable bonds is 5. The molecule has 0 saturated carbocycles. The van der Waals surface area contributed by atoms with Gasteiger partial charge in [-0.2, -0.15) is 0 Å². The van der Waals surface area contributed by atoms with Crippen LogP contribution in [0.2, 0.25) is 5.02 Å². The number of nitrogens with zero attached hydrogens (tertiary/aromatic N) is 2. The van der Waals surface area contributed by atoms with E-state index in [2.05, 4.69) is 20.8 Å². The minimum atomic E-state index is -0.416. The first-order valence-corrected chi connectivity index (χ1v) is 8.13. The third-order valence-electron chi connectivity index (χ3n) is 3.52. The minimum absolute atomic E-state index is 0.126. The third kappa shape index (κ3) is 4.25. The van der Waals surface area contributed by atoms with Crippen LogP contribution in [-0.2, 0) is 6.54 Å². The molecule has 2 heterocycles. The van der Waals surface area contributed by atoms with E-state index < -0.39 is 11.8 Å². The number of nitrogens with one attached hydrogen (secondary N) is 2. The maximum absolute atomic E-state index is 12.3. The zero-order valence-corrected chi connectivity index (χ0v) is 14.6. The van der Waals surface area contributed by atoms with Crippen molar-refractivity contribution in [3.8, 4) is 0 Å². The van der Waals surface area contributed by atoms with Gasteiger partial charge >= 0.3 is 0 Å². The topological polar surface area (TPSA) is 97.1 Å². The Balaban J connectivity index is 1.67. The zero-order valence-electron chi connectivity index (χ0n) is 13.8. The smallest absolute Gasteiger partial charge is 0.270 e. The van der Waals surface area contributed by atoms with Crippen molar-refractivity contribution >= 4 is 29.2 Å². The molecule has 1 aromatic carbocycles. The molecule has 2 amide bonds. The lowest BCUT2D eigenvalue weighted by Crippen LogP contribution is -2.24. The van der Waals surface area contributed by atoms with Crippen molar-refractivity contribution in [2.24, 2.45) is 0 Å². The van der Waals surface area contributed by atoms with E-state index in [1.165, 1.54) is 18.3 Å². The Morgan fingerprint density at radius 3 is 2.69 bits per heavy atom. The molecule has 0 aliphatic carbocycles. The van der Waals surface area contributed by atoms with Gasteiger partial charge in [0, 0.05) is 29.4 Å². The van der Waals surface area contributed by atoms with Crippen molar-refractivity contribution in [3.05, 3.63) is 76.3 Å². The quantitative estimate of drug-likeness (QED) is 0.718. The summed E-state index contributed by atoms with van der Waals surface area (Å²) in [6.07, 6.45) is 1.40. The van der Waals surface area contributed by atoms with Crippen molar-refractivity contribution in [2.75, 3.05) is 5.32 Å². The Bertz CT molecular complexity index is 955. The number of hydrogen-bond acceptors (Lipinski definition) is 5. The number of hydrogen-bond donors (Lipinski definition) is 2. The zero-order chi connectivity index (χ0) is 18.5. The van der Waals surface area contributed by atoms with E-state index >= 15 is 0 Å². The molecule has 0 atom stereocenters. The fraction of sp³-hybridized carbons (Fsp3) is 0.111. The highest BCUT2D eigenvalue weighted by atomic mass is 35.5. The summed E-state index contributed by atoms with van der Waals surface area (Å²) in [5.41, 5.74) is 1.20. The predicted octanol–water partition coefficient (Wildman–Crippen LogP) is 3.21. The minimum Gasteiger partial charge on any atom is -0.360 e. The van der Waals surface area contributed by atoms with Crippen LogP contribution in [-0.4, -0.2) is 22.0 Å². The standard InChI is InChI=1S/C18H15ClN4O3/c1-11-8-16(23-26-11)22-17(24)12-6-7-20-15(9-12)18(25)21-10-13-4-2-3-5-14(13)19/h2-9H,10H2,1H3,(H,21,25)(H,22,23,24). The van der Waals surface area contributed by atoms with Gasteiger partial charge in [-0.15, -0.1) is 0 Å². The molecule has 0 unspecified atom stereocenters. The van der Waals surface area contributed by atoms with E-state index in [-0.39, 0.29) is 17.8 Å². The second-order valence-corrected chi connectivity index (χ2v) is 5.89. The van der Waals surface area contributed by atoms with E-state index in [4.69, 9.17) is 16.1 Å². The van der Waals surface area contributed by atoms with E-state index in [1.54, 1.807) is 19.1 Å². The fourth-order valence-electron chi connectivity index (χ4n) is 2.22. The molecule has 7 nitrogen and oxygen atoms in total.